The molecule has 3 heterocycles. The van der Waals surface area contributed by atoms with Crippen molar-refractivity contribution in [1.82, 2.24) is 19.7 Å². The van der Waals surface area contributed by atoms with Gasteiger partial charge in [0.25, 0.3) is 5.56 Å². The van der Waals surface area contributed by atoms with Gasteiger partial charge in [-0.25, -0.2) is 0 Å². The van der Waals surface area contributed by atoms with Crippen LogP contribution in [0, 0.1) is 6.92 Å². The zero-order valence-electron chi connectivity index (χ0n) is 17.3. The first kappa shape index (κ1) is 18.6. The molecule has 0 bridgehead atoms. The molecule has 6 heteroatoms. The number of rotatable bonds is 3. The molecule has 6 nitrogen and oxygen atoms in total. The summed E-state index contributed by atoms with van der Waals surface area (Å²) < 4.78 is 1.70. The molecule has 4 aromatic rings. The number of aromatic nitrogens is 3. The maximum absolute atomic E-state index is 12.7. The van der Waals surface area contributed by atoms with Crippen LogP contribution in [0.15, 0.2) is 65.6 Å². The number of pyridine rings is 1. The van der Waals surface area contributed by atoms with E-state index in [1.165, 1.54) is 5.69 Å². The smallest absolute Gasteiger partial charge is 0.257 e. The van der Waals surface area contributed by atoms with Crippen LogP contribution in [0.3, 0.4) is 0 Å². The van der Waals surface area contributed by atoms with E-state index in [1.807, 2.05) is 37.4 Å². The lowest BCUT2D eigenvalue weighted by Crippen LogP contribution is -2.44. The first-order valence-electron chi connectivity index (χ1n) is 10.3. The van der Waals surface area contributed by atoms with E-state index >= 15 is 0 Å². The Morgan fingerprint density at radius 3 is 2.43 bits per heavy atom. The molecule has 152 valence electrons. The van der Waals surface area contributed by atoms with Crippen LogP contribution in [0.4, 0.5) is 5.69 Å². The Hall–Kier alpha value is -3.38. The van der Waals surface area contributed by atoms with Gasteiger partial charge in [0.15, 0.2) is 0 Å². The minimum Gasteiger partial charge on any atom is -0.369 e. The van der Waals surface area contributed by atoms with Crippen molar-refractivity contribution in [3.8, 4) is 16.9 Å². The second kappa shape index (κ2) is 7.46. The van der Waals surface area contributed by atoms with E-state index in [1.54, 1.807) is 10.6 Å². The largest absolute Gasteiger partial charge is 0.369 e. The van der Waals surface area contributed by atoms with Crippen LogP contribution in [-0.2, 0) is 0 Å². The number of aryl methyl sites for hydroxylation is 1. The first-order chi connectivity index (χ1) is 14.6. The lowest BCUT2D eigenvalue weighted by molar-refractivity contribution is 0.313. The molecular formula is C24H25N5O. The van der Waals surface area contributed by atoms with Gasteiger partial charge in [0.05, 0.1) is 11.2 Å². The second-order valence-corrected chi connectivity index (χ2v) is 8.00. The molecule has 1 N–H and O–H groups in total. The number of benzene rings is 2. The van der Waals surface area contributed by atoms with E-state index in [-0.39, 0.29) is 5.56 Å². The van der Waals surface area contributed by atoms with Gasteiger partial charge in [-0.05, 0) is 37.7 Å². The SMILES string of the molecule is Cc1ccccc1-n1cc2c(-c3ccc(N4CCN(C)CC4)cc3)n[nH]c2cc1=O. The highest BCUT2D eigenvalue weighted by molar-refractivity contribution is 5.92. The van der Waals surface area contributed by atoms with Crippen LogP contribution in [0.2, 0.25) is 0 Å². The summed E-state index contributed by atoms with van der Waals surface area (Å²) in [7, 11) is 2.17. The minimum absolute atomic E-state index is 0.0718. The van der Waals surface area contributed by atoms with Crippen LogP contribution in [0.1, 0.15) is 5.56 Å². The number of para-hydroxylation sites is 1. The summed E-state index contributed by atoms with van der Waals surface area (Å²) in [4.78, 5) is 17.5. The molecule has 0 atom stereocenters. The fourth-order valence-electron chi connectivity index (χ4n) is 4.13. The Morgan fingerprint density at radius 2 is 1.70 bits per heavy atom. The van der Waals surface area contributed by atoms with E-state index in [2.05, 4.69) is 51.3 Å². The zero-order valence-corrected chi connectivity index (χ0v) is 17.3. The van der Waals surface area contributed by atoms with E-state index in [0.717, 1.165) is 59.6 Å². The molecule has 0 unspecified atom stereocenters. The monoisotopic (exact) mass is 399 g/mol. The number of H-pyrrole nitrogens is 1. The number of anilines is 1. The normalized spacial score (nSPS) is 15.1. The molecule has 2 aromatic carbocycles. The second-order valence-electron chi connectivity index (χ2n) is 8.00. The Morgan fingerprint density at radius 1 is 0.967 bits per heavy atom. The average Bonchev–Trinajstić information content (AvgIpc) is 3.17. The van der Waals surface area contributed by atoms with Gasteiger partial charge >= 0.3 is 0 Å². The average molecular weight is 399 g/mol. The molecule has 0 aliphatic carbocycles. The van der Waals surface area contributed by atoms with E-state index in [9.17, 15) is 4.79 Å². The number of hydrogen-bond donors (Lipinski definition) is 1. The van der Waals surface area contributed by atoms with Crippen molar-refractivity contribution in [2.75, 3.05) is 38.1 Å². The predicted octanol–water partition coefficient (Wildman–Crippen LogP) is 3.44. The van der Waals surface area contributed by atoms with Crippen molar-refractivity contribution >= 4 is 16.6 Å². The quantitative estimate of drug-likeness (QED) is 0.573. The number of fused-ring (bicyclic) bond motifs is 1. The Bertz CT molecular complexity index is 1250. The van der Waals surface area contributed by atoms with E-state index in [4.69, 9.17) is 0 Å². The minimum atomic E-state index is -0.0718. The van der Waals surface area contributed by atoms with E-state index in [0.29, 0.717) is 0 Å². The van der Waals surface area contributed by atoms with Gasteiger partial charge < -0.3 is 9.80 Å². The summed E-state index contributed by atoms with van der Waals surface area (Å²) in [6, 6.07) is 18.1. The number of hydrogen-bond acceptors (Lipinski definition) is 4. The molecule has 1 saturated heterocycles. The molecule has 0 saturated carbocycles. The molecule has 1 aliphatic rings. The van der Waals surface area contributed by atoms with Crippen molar-refractivity contribution in [2.24, 2.45) is 0 Å². The lowest BCUT2D eigenvalue weighted by atomic mass is 10.1. The van der Waals surface area contributed by atoms with Crippen molar-refractivity contribution in [1.29, 1.82) is 0 Å². The topological polar surface area (TPSA) is 57.2 Å². The maximum Gasteiger partial charge on any atom is 0.257 e. The first-order valence-corrected chi connectivity index (χ1v) is 10.3. The van der Waals surface area contributed by atoms with Gasteiger partial charge in [-0.3, -0.25) is 14.5 Å². The molecule has 1 fully saturated rings. The molecule has 1 aliphatic heterocycles. The van der Waals surface area contributed by atoms with Gasteiger partial charge in [-0.2, -0.15) is 5.10 Å². The summed E-state index contributed by atoms with van der Waals surface area (Å²) in [6.45, 7) is 6.28. The predicted molar refractivity (Wildman–Crippen MR) is 122 cm³/mol. The van der Waals surface area contributed by atoms with E-state index < -0.39 is 0 Å². The third-order valence-electron chi connectivity index (χ3n) is 5.98. The highest BCUT2D eigenvalue weighted by Gasteiger charge is 2.16. The van der Waals surface area contributed by atoms with Crippen LogP contribution in [0.25, 0.3) is 27.8 Å². The van der Waals surface area contributed by atoms with Crippen LogP contribution in [0.5, 0.6) is 0 Å². The summed E-state index contributed by atoms with van der Waals surface area (Å²) in [5.41, 5.74) is 5.76. The molecule has 5 rings (SSSR count). The molecule has 0 spiro atoms. The highest BCUT2D eigenvalue weighted by atomic mass is 16.1. The Balaban J connectivity index is 1.53. The van der Waals surface area contributed by atoms with Gasteiger partial charge in [0.2, 0.25) is 0 Å². The molecule has 0 radical (unpaired) electrons. The molecular weight excluding hydrogens is 374 g/mol. The summed E-state index contributed by atoms with van der Waals surface area (Å²) in [6.07, 6.45) is 1.90. The highest BCUT2D eigenvalue weighted by Crippen LogP contribution is 2.28. The summed E-state index contributed by atoms with van der Waals surface area (Å²) in [5.74, 6) is 0. The number of aromatic amines is 1. The molecule has 30 heavy (non-hydrogen) atoms. The lowest BCUT2D eigenvalue weighted by Gasteiger charge is -2.34. The van der Waals surface area contributed by atoms with Gasteiger partial charge in [0.1, 0.15) is 5.69 Å². The van der Waals surface area contributed by atoms with Gasteiger partial charge in [-0.1, -0.05) is 30.3 Å². The third-order valence-corrected chi connectivity index (χ3v) is 5.98. The van der Waals surface area contributed by atoms with Crippen molar-refractivity contribution < 1.29 is 0 Å². The van der Waals surface area contributed by atoms with Crippen molar-refractivity contribution in [3.05, 3.63) is 76.7 Å². The number of nitrogens with zero attached hydrogens (tertiary/aromatic N) is 4. The maximum atomic E-state index is 12.7. The standard InChI is InChI=1S/C24H25N5O/c1-17-5-3-4-6-22(17)29-16-20-21(15-23(29)30)25-26-24(20)18-7-9-19(10-8-18)28-13-11-27(2)12-14-28/h3-10,15-16,25H,11-14H2,1-2H3. The van der Waals surface area contributed by atoms with Crippen molar-refractivity contribution in [3.63, 3.8) is 0 Å². The summed E-state index contributed by atoms with van der Waals surface area (Å²) in [5, 5.41) is 8.48. The fourth-order valence-corrected chi connectivity index (χ4v) is 4.13. The van der Waals surface area contributed by atoms with Gasteiger partial charge in [0, 0.05) is 55.1 Å². The molecule has 2 aromatic heterocycles. The van der Waals surface area contributed by atoms with Crippen LogP contribution < -0.4 is 10.5 Å². The number of likely N-dealkylation sites (N-methyl/N-ethyl adjacent to an activating group) is 1. The zero-order chi connectivity index (χ0) is 20.7. The summed E-state index contributed by atoms with van der Waals surface area (Å²) >= 11 is 0. The van der Waals surface area contributed by atoms with Crippen LogP contribution in [-0.4, -0.2) is 52.9 Å². The Labute approximate surface area is 175 Å². The number of nitrogens with one attached hydrogen (secondary N) is 1. The third kappa shape index (κ3) is 3.29. The van der Waals surface area contributed by atoms with Crippen LogP contribution >= 0.6 is 0 Å². The molecule has 0 amide bonds. The Kier molecular flexibility index (Phi) is 4.64. The van der Waals surface area contributed by atoms with Crippen molar-refractivity contribution in [2.45, 2.75) is 6.92 Å². The number of piperazine rings is 1. The van der Waals surface area contributed by atoms with Gasteiger partial charge in [-0.15, -0.1) is 0 Å². The fraction of sp³-hybridized carbons (Fsp3) is 0.250.